The van der Waals surface area contributed by atoms with E-state index in [1.54, 1.807) is 18.3 Å². The van der Waals surface area contributed by atoms with Crippen molar-refractivity contribution < 1.29 is 14.6 Å². The number of nitrogens with zero attached hydrogens (tertiary/aromatic N) is 4. The quantitative estimate of drug-likeness (QED) is 0.872. The molecule has 0 radical (unpaired) electrons. The van der Waals surface area contributed by atoms with Gasteiger partial charge in [0.25, 0.3) is 0 Å². The molecule has 4 rings (SSSR count). The van der Waals surface area contributed by atoms with Crippen molar-refractivity contribution in [2.75, 3.05) is 33.4 Å². The molecular formula is C19H26N4O3. The van der Waals surface area contributed by atoms with Crippen LogP contribution in [-0.2, 0) is 16.1 Å². The van der Waals surface area contributed by atoms with Gasteiger partial charge in [0.1, 0.15) is 6.54 Å². The Morgan fingerprint density at radius 2 is 2.08 bits per heavy atom. The average molecular weight is 358 g/mol. The van der Waals surface area contributed by atoms with E-state index in [0.29, 0.717) is 0 Å². The fraction of sp³-hybridized carbons (Fsp3) is 0.579. The van der Waals surface area contributed by atoms with Crippen molar-refractivity contribution in [2.24, 2.45) is 0 Å². The number of carbonyl (C=O) groups is 1. The Balaban J connectivity index is 1.42. The molecule has 26 heavy (non-hydrogen) atoms. The van der Waals surface area contributed by atoms with Gasteiger partial charge in [-0.05, 0) is 25.0 Å². The third-order valence-electron chi connectivity index (χ3n) is 5.79. The first-order chi connectivity index (χ1) is 12.6. The molecule has 7 heteroatoms. The van der Waals surface area contributed by atoms with Crippen molar-refractivity contribution in [1.29, 1.82) is 0 Å². The number of hydrogen-bond acceptors (Lipinski definition) is 5. The molecule has 1 N–H and O–H groups in total. The van der Waals surface area contributed by atoms with Gasteiger partial charge in [-0.25, -0.2) is 4.98 Å². The smallest absolute Gasteiger partial charge is 0.242 e. The number of para-hydroxylation sites is 2. The predicted molar refractivity (Wildman–Crippen MR) is 97.7 cm³/mol. The normalized spacial score (nSPS) is 27.1. The van der Waals surface area contributed by atoms with Crippen LogP contribution in [0.2, 0.25) is 0 Å². The summed E-state index contributed by atoms with van der Waals surface area (Å²) in [6.45, 7) is 3.38. The summed E-state index contributed by atoms with van der Waals surface area (Å²) in [5, 5.41) is 10.8. The molecule has 2 aromatic rings. The van der Waals surface area contributed by atoms with E-state index in [1.807, 2.05) is 28.8 Å². The number of rotatable bonds is 4. The molecule has 2 heterocycles. The first kappa shape index (κ1) is 17.5. The number of ether oxygens (including phenoxy) is 1. The maximum atomic E-state index is 12.8. The van der Waals surface area contributed by atoms with Crippen LogP contribution in [0.4, 0.5) is 0 Å². The van der Waals surface area contributed by atoms with Crippen molar-refractivity contribution in [2.45, 2.75) is 37.6 Å². The third-order valence-corrected chi connectivity index (χ3v) is 5.79. The molecule has 1 aromatic carbocycles. The maximum Gasteiger partial charge on any atom is 0.242 e. The minimum absolute atomic E-state index is 0.000157. The Morgan fingerprint density at radius 3 is 2.88 bits per heavy atom. The number of amides is 1. The summed E-state index contributed by atoms with van der Waals surface area (Å²) in [6.07, 6.45) is 2.94. The lowest BCUT2D eigenvalue weighted by Crippen LogP contribution is -2.52. The monoisotopic (exact) mass is 358 g/mol. The molecule has 0 bridgehead atoms. The van der Waals surface area contributed by atoms with Gasteiger partial charge in [0.2, 0.25) is 5.91 Å². The van der Waals surface area contributed by atoms with E-state index >= 15 is 0 Å². The second-order valence-electron chi connectivity index (χ2n) is 7.22. The minimum Gasteiger partial charge on any atom is -0.389 e. The van der Waals surface area contributed by atoms with Crippen LogP contribution in [0.1, 0.15) is 12.8 Å². The number of carbonyl (C=O) groups excluding carboxylic acids is 1. The summed E-state index contributed by atoms with van der Waals surface area (Å²) in [5.41, 5.74) is 1.84. The average Bonchev–Trinajstić information content (AvgIpc) is 3.26. The van der Waals surface area contributed by atoms with Gasteiger partial charge in [0, 0.05) is 26.2 Å². The van der Waals surface area contributed by atoms with Crippen LogP contribution in [0.15, 0.2) is 30.6 Å². The highest BCUT2D eigenvalue weighted by Gasteiger charge is 2.41. The molecule has 1 aliphatic carbocycles. The highest BCUT2D eigenvalue weighted by molar-refractivity contribution is 5.80. The highest BCUT2D eigenvalue weighted by atomic mass is 16.5. The van der Waals surface area contributed by atoms with Gasteiger partial charge in [-0.2, -0.15) is 0 Å². The summed E-state index contributed by atoms with van der Waals surface area (Å²) in [4.78, 5) is 21.2. The summed E-state index contributed by atoms with van der Waals surface area (Å²) in [5.74, 6) is -0.000157. The Kier molecular flexibility index (Phi) is 4.93. The van der Waals surface area contributed by atoms with Gasteiger partial charge in [-0.15, -0.1) is 0 Å². The molecule has 0 unspecified atom stereocenters. The molecule has 1 amide bonds. The molecular weight excluding hydrogens is 332 g/mol. The zero-order chi connectivity index (χ0) is 18.1. The maximum absolute atomic E-state index is 12.8. The molecule has 1 aliphatic heterocycles. The van der Waals surface area contributed by atoms with Crippen LogP contribution >= 0.6 is 0 Å². The van der Waals surface area contributed by atoms with Crippen molar-refractivity contribution in [3.63, 3.8) is 0 Å². The number of likely N-dealkylation sites (N-methyl/N-ethyl adjacent to an activating group) is 1. The highest BCUT2D eigenvalue weighted by Crippen LogP contribution is 2.29. The molecule has 1 saturated heterocycles. The molecule has 2 fully saturated rings. The van der Waals surface area contributed by atoms with Crippen LogP contribution in [0.5, 0.6) is 0 Å². The van der Waals surface area contributed by atoms with E-state index in [9.17, 15) is 9.90 Å². The fourth-order valence-electron chi connectivity index (χ4n) is 4.25. The first-order valence-electron chi connectivity index (χ1n) is 9.30. The van der Waals surface area contributed by atoms with Crippen molar-refractivity contribution in [1.82, 2.24) is 19.4 Å². The van der Waals surface area contributed by atoms with E-state index in [-0.39, 0.29) is 24.5 Å². The number of aliphatic hydroxyl groups excluding tert-OH is 1. The van der Waals surface area contributed by atoms with Crippen molar-refractivity contribution in [3.05, 3.63) is 30.6 Å². The Labute approximate surface area is 153 Å². The predicted octanol–water partition coefficient (Wildman–Crippen LogP) is 0.719. The Bertz CT molecular complexity index is 771. The fourth-order valence-corrected chi connectivity index (χ4v) is 4.25. The van der Waals surface area contributed by atoms with Crippen LogP contribution in [0, 0.1) is 0 Å². The summed E-state index contributed by atoms with van der Waals surface area (Å²) in [6, 6.07) is 7.78. The van der Waals surface area contributed by atoms with Gasteiger partial charge in [-0.3, -0.25) is 9.69 Å². The lowest BCUT2D eigenvalue weighted by molar-refractivity contribution is -0.135. The number of aromatic nitrogens is 2. The number of hydrogen-bond donors (Lipinski definition) is 1. The van der Waals surface area contributed by atoms with Crippen LogP contribution in [-0.4, -0.2) is 81.9 Å². The molecule has 140 valence electrons. The lowest BCUT2D eigenvalue weighted by atomic mass is 10.1. The van der Waals surface area contributed by atoms with E-state index in [0.717, 1.165) is 50.2 Å². The standard InChI is InChI=1S/C19H26N4O3/c1-21(16-6-7-17(19(16)25)22-8-10-26-11-9-22)18(24)12-23-13-20-14-4-2-3-5-15(14)23/h2-5,13,16-17,19,25H,6-12H2,1H3/t16-,17-,19-/m1/s1. The number of imidazole rings is 1. The van der Waals surface area contributed by atoms with Gasteiger partial charge < -0.3 is 19.3 Å². The van der Waals surface area contributed by atoms with Crippen molar-refractivity contribution in [3.8, 4) is 0 Å². The lowest BCUT2D eigenvalue weighted by Gasteiger charge is -2.36. The first-order valence-corrected chi connectivity index (χ1v) is 9.30. The molecule has 2 aliphatic rings. The van der Waals surface area contributed by atoms with E-state index < -0.39 is 6.10 Å². The Morgan fingerprint density at radius 1 is 1.31 bits per heavy atom. The van der Waals surface area contributed by atoms with Crippen LogP contribution in [0.25, 0.3) is 11.0 Å². The number of benzene rings is 1. The topological polar surface area (TPSA) is 70.8 Å². The summed E-state index contributed by atoms with van der Waals surface area (Å²) >= 11 is 0. The van der Waals surface area contributed by atoms with Gasteiger partial charge in [-0.1, -0.05) is 12.1 Å². The third kappa shape index (κ3) is 3.22. The van der Waals surface area contributed by atoms with Crippen LogP contribution < -0.4 is 0 Å². The second-order valence-corrected chi connectivity index (χ2v) is 7.22. The van der Waals surface area contributed by atoms with Gasteiger partial charge >= 0.3 is 0 Å². The minimum atomic E-state index is -0.512. The largest absolute Gasteiger partial charge is 0.389 e. The van der Waals surface area contributed by atoms with E-state index in [4.69, 9.17) is 4.74 Å². The molecule has 1 aromatic heterocycles. The molecule has 7 nitrogen and oxygen atoms in total. The number of aliphatic hydroxyl groups is 1. The van der Waals surface area contributed by atoms with Gasteiger partial charge in [0.15, 0.2) is 0 Å². The SMILES string of the molecule is CN(C(=O)Cn1cnc2ccccc21)[C@@H]1CC[C@@H](N2CCOCC2)[C@@H]1O. The van der Waals surface area contributed by atoms with E-state index in [2.05, 4.69) is 9.88 Å². The number of morpholine rings is 1. The second kappa shape index (κ2) is 7.34. The molecule has 1 saturated carbocycles. The molecule has 3 atom stereocenters. The molecule has 0 spiro atoms. The van der Waals surface area contributed by atoms with Crippen molar-refractivity contribution >= 4 is 16.9 Å². The zero-order valence-electron chi connectivity index (χ0n) is 15.1. The summed E-state index contributed by atoms with van der Waals surface area (Å²) in [7, 11) is 1.80. The van der Waals surface area contributed by atoms with E-state index in [1.165, 1.54) is 0 Å². The van der Waals surface area contributed by atoms with Crippen LogP contribution in [0.3, 0.4) is 0 Å². The zero-order valence-corrected chi connectivity index (χ0v) is 15.1. The summed E-state index contributed by atoms with van der Waals surface area (Å²) < 4.78 is 7.27. The number of fused-ring (bicyclic) bond motifs is 1. The Hall–Kier alpha value is -1.96. The van der Waals surface area contributed by atoms with Gasteiger partial charge in [0.05, 0.1) is 42.7 Å².